The van der Waals surface area contributed by atoms with E-state index < -0.39 is 77.1 Å². The summed E-state index contributed by atoms with van der Waals surface area (Å²) >= 11 is 0. The Morgan fingerprint density at radius 3 is 2.48 bits per heavy atom. The molecule has 18 nitrogen and oxygen atoms in total. The number of fused-ring (bicyclic) bond motifs is 1. The number of nitrogens with zero attached hydrogens (tertiary/aromatic N) is 3. The number of phosphoric acid groups is 3. The van der Waals surface area contributed by atoms with Crippen LogP contribution in [0.15, 0.2) is 11.1 Å². The Kier molecular flexibility index (Phi) is 6.47. The lowest BCUT2D eigenvalue weighted by atomic mass is 10.1. The number of imidazole rings is 1. The molecule has 2 aromatic heterocycles. The average molecular weight is 543 g/mol. The molecule has 1 aliphatic rings. The number of anilines is 1. The molecule has 2 aromatic rings. The first-order chi connectivity index (χ1) is 14.9. The van der Waals surface area contributed by atoms with Crippen LogP contribution >= 0.6 is 23.5 Å². The molecule has 33 heavy (non-hydrogen) atoms. The number of aliphatic hydroxyl groups is 1. The van der Waals surface area contributed by atoms with Crippen molar-refractivity contribution in [3.05, 3.63) is 16.7 Å². The predicted octanol–water partition coefficient (Wildman–Crippen LogP) is -1.28. The van der Waals surface area contributed by atoms with Crippen molar-refractivity contribution in [1.29, 1.82) is 0 Å². The SMILES string of the molecule is Nc1nc2c(ncn2C2(F)CO[C@](F)(COP(=O)(O)OP(=O)(O)OP(=O)(O)O)[C@H]2O)c(=O)[nH]1. The van der Waals surface area contributed by atoms with Crippen LogP contribution in [0.3, 0.4) is 0 Å². The van der Waals surface area contributed by atoms with Crippen molar-refractivity contribution >= 4 is 40.6 Å². The van der Waals surface area contributed by atoms with Crippen LogP contribution in [0.4, 0.5) is 14.7 Å². The van der Waals surface area contributed by atoms with E-state index >= 15 is 8.78 Å². The fraction of sp³-hybridized carbons (Fsp3) is 0.500. The molecule has 8 N–H and O–H groups in total. The summed E-state index contributed by atoms with van der Waals surface area (Å²) in [5, 5.41) is 10.2. The number of aromatic nitrogens is 4. The summed E-state index contributed by atoms with van der Waals surface area (Å²) < 4.78 is 80.0. The summed E-state index contributed by atoms with van der Waals surface area (Å²) in [6, 6.07) is 0. The van der Waals surface area contributed by atoms with Gasteiger partial charge in [-0.05, 0) is 0 Å². The van der Waals surface area contributed by atoms with Gasteiger partial charge in [0.25, 0.3) is 11.4 Å². The van der Waals surface area contributed by atoms with Gasteiger partial charge in [0.2, 0.25) is 11.7 Å². The third-order valence-corrected chi connectivity index (χ3v) is 7.79. The summed E-state index contributed by atoms with van der Waals surface area (Å²) in [7, 11) is -17.4. The van der Waals surface area contributed by atoms with Crippen molar-refractivity contribution in [2.24, 2.45) is 0 Å². The Labute approximate surface area is 179 Å². The number of aliphatic hydroxyl groups excluding tert-OH is 1. The molecule has 0 saturated carbocycles. The molecule has 1 aliphatic heterocycles. The number of rotatable bonds is 8. The minimum absolute atomic E-state index is 0.421. The van der Waals surface area contributed by atoms with Gasteiger partial charge < -0.3 is 35.2 Å². The van der Waals surface area contributed by atoms with Crippen molar-refractivity contribution in [1.82, 2.24) is 19.5 Å². The van der Waals surface area contributed by atoms with Crippen molar-refractivity contribution in [3.63, 3.8) is 0 Å². The lowest BCUT2D eigenvalue weighted by molar-refractivity contribution is -0.184. The molecule has 186 valence electrons. The monoisotopic (exact) mass is 543 g/mol. The average Bonchev–Trinajstić information content (AvgIpc) is 3.14. The maximum absolute atomic E-state index is 15.5. The maximum Gasteiger partial charge on any atom is 0.490 e. The zero-order chi connectivity index (χ0) is 25.0. The molecule has 0 amide bonds. The minimum Gasteiger partial charge on any atom is -0.382 e. The molecule has 0 aliphatic carbocycles. The smallest absolute Gasteiger partial charge is 0.382 e. The largest absolute Gasteiger partial charge is 0.490 e. The fourth-order valence-electron chi connectivity index (χ4n) is 2.70. The Morgan fingerprint density at radius 2 is 1.88 bits per heavy atom. The second-order valence-corrected chi connectivity index (χ2v) is 10.8. The van der Waals surface area contributed by atoms with E-state index in [-0.39, 0.29) is 0 Å². The zero-order valence-corrected chi connectivity index (χ0v) is 18.3. The van der Waals surface area contributed by atoms with Crippen LogP contribution in [0, 0.1) is 0 Å². The van der Waals surface area contributed by atoms with Gasteiger partial charge in [0, 0.05) is 0 Å². The number of alkyl halides is 2. The third kappa shape index (κ3) is 5.37. The molecule has 3 heterocycles. The highest BCUT2D eigenvalue weighted by molar-refractivity contribution is 7.66. The third-order valence-electron chi connectivity index (χ3n) is 4.01. The van der Waals surface area contributed by atoms with Gasteiger partial charge in [-0.2, -0.15) is 13.6 Å². The number of H-pyrrole nitrogens is 1. The normalized spacial score (nSPS) is 29.7. The lowest BCUT2D eigenvalue weighted by Gasteiger charge is -2.28. The number of nitrogen functional groups attached to an aromatic ring is 1. The second-order valence-electron chi connectivity index (χ2n) is 6.40. The van der Waals surface area contributed by atoms with E-state index in [2.05, 4.69) is 32.8 Å². The number of halogens is 2. The standard InChI is InChI=1S/C10H14F2N5O13P3/c11-9(17-3-14-4-5(17)15-8(13)16-6(4)18)1-27-10(12,7(9)19)2-28-32(23,24)30-33(25,26)29-31(20,21)22/h3,7,19H,1-2H2,(H,23,24)(H,25,26)(H2,20,21,22)(H3,13,15,16,18)/t7-,9?,10+/m0/s1. The minimum atomic E-state index is -5.90. The molecular weight excluding hydrogens is 529 g/mol. The van der Waals surface area contributed by atoms with Crippen molar-refractivity contribution < 1.29 is 65.0 Å². The van der Waals surface area contributed by atoms with Crippen LogP contribution < -0.4 is 11.3 Å². The first kappa shape index (κ1) is 26.0. The van der Waals surface area contributed by atoms with E-state index in [0.717, 1.165) is 0 Å². The van der Waals surface area contributed by atoms with Crippen molar-refractivity contribution in [3.8, 4) is 0 Å². The van der Waals surface area contributed by atoms with Crippen LogP contribution in [0.1, 0.15) is 0 Å². The summed E-state index contributed by atoms with van der Waals surface area (Å²) in [4.78, 5) is 56.5. The predicted molar refractivity (Wildman–Crippen MR) is 97.3 cm³/mol. The van der Waals surface area contributed by atoms with E-state index in [4.69, 9.17) is 20.4 Å². The molecule has 0 aromatic carbocycles. The summed E-state index contributed by atoms with van der Waals surface area (Å²) in [6.45, 7) is -3.07. The van der Waals surface area contributed by atoms with E-state index in [1.54, 1.807) is 0 Å². The number of hydrogen-bond donors (Lipinski definition) is 7. The number of ether oxygens (including phenoxy) is 1. The highest BCUT2D eigenvalue weighted by atomic mass is 31.3. The summed E-state index contributed by atoms with van der Waals surface area (Å²) in [5.41, 5.74) is 3.54. The van der Waals surface area contributed by atoms with Gasteiger partial charge in [0.1, 0.15) is 19.5 Å². The first-order valence-corrected chi connectivity index (χ1v) is 12.6. The van der Waals surface area contributed by atoms with Gasteiger partial charge in [-0.3, -0.25) is 18.9 Å². The Hall–Kier alpha value is -1.66. The van der Waals surface area contributed by atoms with Crippen LogP contribution in [-0.4, -0.2) is 69.4 Å². The number of aromatic amines is 1. The quantitative estimate of drug-likeness (QED) is 0.191. The van der Waals surface area contributed by atoms with Gasteiger partial charge in [-0.25, -0.2) is 27.5 Å². The van der Waals surface area contributed by atoms with Gasteiger partial charge in [0.15, 0.2) is 17.3 Å². The molecule has 1 fully saturated rings. The molecule has 0 bridgehead atoms. The topological polar surface area (TPSA) is 279 Å². The highest BCUT2D eigenvalue weighted by Crippen LogP contribution is 2.66. The van der Waals surface area contributed by atoms with Gasteiger partial charge >= 0.3 is 23.5 Å². The van der Waals surface area contributed by atoms with Crippen LogP contribution in [0.5, 0.6) is 0 Å². The van der Waals surface area contributed by atoms with Gasteiger partial charge in [-0.1, -0.05) is 0 Å². The molecule has 0 radical (unpaired) electrons. The van der Waals surface area contributed by atoms with Gasteiger partial charge in [0.05, 0.1) is 0 Å². The number of phosphoric ester groups is 1. The molecule has 1 saturated heterocycles. The van der Waals surface area contributed by atoms with Crippen molar-refractivity contribution in [2.45, 2.75) is 17.8 Å². The highest BCUT2D eigenvalue weighted by Gasteiger charge is 2.63. The van der Waals surface area contributed by atoms with Crippen LogP contribution in [0.2, 0.25) is 0 Å². The molecule has 23 heteroatoms. The molecular formula is C10H14F2N5O13P3. The van der Waals surface area contributed by atoms with E-state index in [1.165, 1.54) is 0 Å². The number of nitrogens with one attached hydrogen (secondary N) is 1. The van der Waals surface area contributed by atoms with Crippen LogP contribution in [-0.2, 0) is 37.4 Å². The fourth-order valence-corrected chi connectivity index (χ4v) is 5.74. The lowest BCUT2D eigenvalue weighted by Crippen LogP contribution is -2.49. The molecule has 0 spiro atoms. The van der Waals surface area contributed by atoms with Gasteiger partial charge in [-0.15, -0.1) is 0 Å². The second kappa shape index (κ2) is 8.23. The number of nitrogens with two attached hydrogens (primary N) is 1. The Balaban J connectivity index is 1.80. The zero-order valence-electron chi connectivity index (χ0n) is 15.6. The number of hydrogen-bond acceptors (Lipinski definition) is 12. The summed E-state index contributed by atoms with van der Waals surface area (Å²) in [6.07, 6.45) is -2.16. The first-order valence-electron chi connectivity index (χ1n) is 8.09. The van der Waals surface area contributed by atoms with E-state index in [0.29, 0.717) is 10.9 Å². The van der Waals surface area contributed by atoms with E-state index in [1.807, 2.05) is 0 Å². The Bertz CT molecular complexity index is 1280. The van der Waals surface area contributed by atoms with E-state index in [9.17, 15) is 28.5 Å². The molecule has 3 rings (SSSR count). The molecule has 5 atom stereocenters. The summed E-state index contributed by atoms with van der Waals surface area (Å²) in [5.74, 6) is -7.27. The maximum atomic E-state index is 15.5. The van der Waals surface area contributed by atoms with Crippen molar-refractivity contribution in [2.75, 3.05) is 18.9 Å². The van der Waals surface area contributed by atoms with Crippen LogP contribution in [0.25, 0.3) is 11.2 Å². The molecule has 3 unspecified atom stereocenters. The Morgan fingerprint density at radius 1 is 1.24 bits per heavy atom.